The van der Waals surface area contributed by atoms with Crippen molar-refractivity contribution in [2.45, 2.75) is 25.2 Å². The molecule has 0 aliphatic heterocycles. The second-order valence-electron chi connectivity index (χ2n) is 4.62. The summed E-state index contributed by atoms with van der Waals surface area (Å²) < 4.78 is 94.2. The monoisotopic (exact) mass is 379 g/mol. The number of rotatable bonds is 4. The molecular formula is C14H13F8NO2. The first kappa shape index (κ1) is 22.8. The summed E-state index contributed by atoms with van der Waals surface area (Å²) in [5.41, 5.74) is 4.60. The normalized spacial score (nSPS) is 12.4. The highest BCUT2D eigenvalue weighted by Gasteiger charge is 2.38. The lowest BCUT2D eigenvalue weighted by molar-refractivity contribution is -0.192. The molecule has 0 fully saturated rings. The van der Waals surface area contributed by atoms with Gasteiger partial charge in [-0.2, -0.15) is 26.3 Å². The molecule has 0 heterocycles. The Morgan fingerprint density at radius 3 is 2.00 bits per heavy atom. The number of carboxylic acid groups (broad SMARTS) is 1. The predicted octanol–water partition coefficient (Wildman–Crippen LogP) is 4.22. The third-order valence-corrected chi connectivity index (χ3v) is 2.68. The van der Waals surface area contributed by atoms with Gasteiger partial charge in [0, 0.05) is 6.54 Å². The van der Waals surface area contributed by atoms with E-state index >= 15 is 0 Å². The Labute approximate surface area is 136 Å². The van der Waals surface area contributed by atoms with E-state index in [2.05, 4.69) is 0 Å². The minimum atomic E-state index is -5.08. The van der Waals surface area contributed by atoms with Crippen LogP contribution in [0.1, 0.15) is 17.5 Å². The van der Waals surface area contributed by atoms with Gasteiger partial charge in [0.2, 0.25) is 0 Å². The minimum Gasteiger partial charge on any atom is -0.475 e. The zero-order valence-corrected chi connectivity index (χ0v) is 12.4. The Morgan fingerprint density at radius 1 is 1.12 bits per heavy atom. The summed E-state index contributed by atoms with van der Waals surface area (Å²) in [4.78, 5) is 8.90. The van der Waals surface area contributed by atoms with Gasteiger partial charge in [-0.15, -0.1) is 0 Å². The Bertz CT molecular complexity index is 608. The maximum absolute atomic E-state index is 13.0. The molecule has 25 heavy (non-hydrogen) atoms. The van der Waals surface area contributed by atoms with Gasteiger partial charge in [-0.05, 0) is 42.2 Å². The number of carboxylic acids is 1. The minimum absolute atomic E-state index is 0.0159. The molecule has 3 N–H and O–H groups in total. The lowest BCUT2D eigenvalue weighted by Crippen LogP contribution is -2.21. The molecular weight excluding hydrogens is 366 g/mol. The molecule has 0 amide bonds. The van der Waals surface area contributed by atoms with E-state index in [4.69, 9.17) is 15.6 Å². The molecule has 3 nitrogen and oxygen atoms in total. The van der Waals surface area contributed by atoms with Gasteiger partial charge < -0.3 is 10.8 Å². The summed E-state index contributed by atoms with van der Waals surface area (Å²) in [6.07, 6.45) is -9.09. The standard InChI is InChI=1S/C12H12F5N.C2HF3O2/c13-6-9(7-18)2-1-8-3-10(12(15,16)17)5-11(14)4-8;3-2(4,5)1(6)7/h3-6H,1-2,7,18H2;(H,6,7)/b9-6-;. The third-order valence-electron chi connectivity index (χ3n) is 2.68. The van der Waals surface area contributed by atoms with Crippen LogP contribution < -0.4 is 5.73 Å². The highest BCUT2D eigenvalue weighted by atomic mass is 19.4. The molecule has 1 rings (SSSR count). The summed E-state index contributed by atoms with van der Waals surface area (Å²) in [6.45, 7) is -0.0159. The lowest BCUT2D eigenvalue weighted by Gasteiger charge is -2.09. The van der Waals surface area contributed by atoms with Crippen LogP contribution in [0, 0.1) is 5.82 Å². The summed E-state index contributed by atoms with van der Waals surface area (Å²) in [7, 11) is 0. The number of halogens is 8. The van der Waals surface area contributed by atoms with Crippen molar-refractivity contribution in [1.82, 2.24) is 0 Å². The number of aryl methyl sites for hydroxylation is 1. The van der Waals surface area contributed by atoms with Crippen LogP contribution in [-0.4, -0.2) is 23.8 Å². The molecule has 0 unspecified atom stereocenters. The fraction of sp³-hybridized carbons (Fsp3) is 0.357. The van der Waals surface area contributed by atoms with Crippen molar-refractivity contribution < 1.29 is 45.0 Å². The van der Waals surface area contributed by atoms with Gasteiger partial charge in [-0.25, -0.2) is 13.6 Å². The van der Waals surface area contributed by atoms with Crippen LogP contribution in [0.4, 0.5) is 35.1 Å². The fourth-order valence-electron chi connectivity index (χ4n) is 1.46. The van der Waals surface area contributed by atoms with Gasteiger partial charge in [0.25, 0.3) is 0 Å². The first-order valence-electron chi connectivity index (χ1n) is 6.46. The number of carbonyl (C=O) groups is 1. The SMILES string of the molecule is NC/C(=C\F)CCc1cc(F)cc(C(F)(F)F)c1.O=C(O)C(F)(F)F. The van der Waals surface area contributed by atoms with Crippen LogP contribution in [-0.2, 0) is 17.4 Å². The first-order chi connectivity index (χ1) is 11.3. The maximum atomic E-state index is 13.0. The van der Waals surface area contributed by atoms with Crippen LogP contribution in [0.3, 0.4) is 0 Å². The summed E-state index contributed by atoms with van der Waals surface area (Å²) in [5, 5.41) is 7.12. The van der Waals surface area contributed by atoms with Crippen molar-refractivity contribution in [2.24, 2.45) is 5.73 Å². The molecule has 0 atom stereocenters. The molecule has 0 aromatic heterocycles. The lowest BCUT2D eigenvalue weighted by atomic mass is 10.0. The van der Waals surface area contributed by atoms with Gasteiger partial charge in [0.05, 0.1) is 11.9 Å². The Hall–Kier alpha value is -2.17. The molecule has 0 saturated carbocycles. The van der Waals surface area contributed by atoms with E-state index in [0.29, 0.717) is 12.4 Å². The number of nitrogens with two attached hydrogens (primary N) is 1. The smallest absolute Gasteiger partial charge is 0.475 e. The molecule has 1 aromatic carbocycles. The first-order valence-corrected chi connectivity index (χ1v) is 6.46. The highest BCUT2D eigenvalue weighted by molar-refractivity contribution is 5.73. The average Bonchev–Trinajstić information content (AvgIpc) is 2.46. The Morgan fingerprint density at radius 2 is 1.64 bits per heavy atom. The van der Waals surface area contributed by atoms with Gasteiger partial charge in [-0.1, -0.05) is 0 Å². The van der Waals surface area contributed by atoms with Gasteiger partial charge in [0.1, 0.15) is 5.82 Å². The topological polar surface area (TPSA) is 63.3 Å². The average molecular weight is 379 g/mol. The predicted molar refractivity (Wildman–Crippen MR) is 71.7 cm³/mol. The number of aliphatic carboxylic acids is 1. The van der Waals surface area contributed by atoms with Crippen LogP contribution in [0.2, 0.25) is 0 Å². The third kappa shape index (κ3) is 9.03. The second-order valence-corrected chi connectivity index (χ2v) is 4.62. The number of benzene rings is 1. The number of hydrogen-bond donors (Lipinski definition) is 2. The molecule has 1 aromatic rings. The van der Waals surface area contributed by atoms with Gasteiger partial charge in [-0.3, -0.25) is 0 Å². The number of alkyl halides is 6. The zero-order valence-electron chi connectivity index (χ0n) is 12.4. The fourth-order valence-corrected chi connectivity index (χ4v) is 1.46. The van der Waals surface area contributed by atoms with Crippen molar-refractivity contribution in [3.8, 4) is 0 Å². The Balaban J connectivity index is 0.000000697. The summed E-state index contributed by atoms with van der Waals surface area (Å²) in [6, 6.07) is 2.29. The van der Waals surface area contributed by atoms with E-state index < -0.39 is 29.7 Å². The Kier molecular flexibility index (Phi) is 8.54. The van der Waals surface area contributed by atoms with Gasteiger partial charge in [0.15, 0.2) is 0 Å². The van der Waals surface area contributed by atoms with E-state index in [-0.39, 0.29) is 30.5 Å². The quantitative estimate of drug-likeness (QED) is 0.770. The van der Waals surface area contributed by atoms with Crippen molar-refractivity contribution in [1.29, 1.82) is 0 Å². The summed E-state index contributed by atoms with van der Waals surface area (Å²) >= 11 is 0. The molecule has 142 valence electrons. The van der Waals surface area contributed by atoms with E-state index in [9.17, 15) is 35.1 Å². The van der Waals surface area contributed by atoms with Crippen molar-refractivity contribution in [3.05, 3.63) is 47.0 Å². The molecule has 0 aliphatic rings. The zero-order chi connectivity index (χ0) is 19.8. The molecule has 0 bridgehead atoms. The van der Waals surface area contributed by atoms with Crippen LogP contribution in [0.25, 0.3) is 0 Å². The van der Waals surface area contributed by atoms with Gasteiger partial charge >= 0.3 is 18.3 Å². The van der Waals surface area contributed by atoms with E-state index in [1.807, 2.05) is 0 Å². The molecule has 11 heteroatoms. The molecule has 0 aliphatic carbocycles. The van der Waals surface area contributed by atoms with Crippen molar-refractivity contribution >= 4 is 5.97 Å². The maximum Gasteiger partial charge on any atom is 0.490 e. The van der Waals surface area contributed by atoms with Crippen molar-refractivity contribution in [2.75, 3.05) is 6.54 Å². The largest absolute Gasteiger partial charge is 0.490 e. The molecule has 0 saturated heterocycles. The second kappa shape index (κ2) is 9.35. The molecule has 0 spiro atoms. The van der Waals surface area contributed by atoms with E-state index in [1.165, 1.54) is 0 Å². The van der Waals surface area contributed by atoms with Crippen LogP contribution >= 0.6 is 0 Å². The van der Waals surface area contributed by atoms with E-state index in [1.54, 1.807) is 0 Å². The molecule has 0 radical (unpaired) electrons. The van der Waals surface area contributed by atoms with Crippen LogP contribution in [0.15, 0.2) is 30.1 Å². The highest BCUT2D eigenvalue weighted by Crippen LogP contribution is 2.30. The van der Waals surface area contributed by atoms with Crippen molar-refractivity contribution in [3.63, 3.8) is 0 Å². The van der Waals surface area contributed by atoms with E-state index in [0.717, 1.165) is 12.1 Å². The number of hydrogen-bond acceptors (Lipinski definition) is 2. The summed E-state index contributed by atoms with van der Waals surface area (Å²) in [5.74, 6) is -3.72. The van der Waals surface area contributed by atoms with Crippen LogP contribution in [0.5, 0.6) is 0 Å².